The number of fused-ring (bicyclic) bond motifs is 1. The lowest BCUT2D eigenvalue weighted by atomic mass is 10.00. The van der Waals surface area contributed by atoms with Gasteiger partial charge in [-0.2, -0.15) is 0 Å². The van der Waals surface area contributed by atoms with Crippen LogP contribution in [0.1, 0.15) is 22.3 Å². The molecule has 1 heterocycles. The van der Waals surface area contributed by atoms with E-state index in [9.17, 15) is 4.79 Å². The maximum Gasteiger partial charge on any atom is 0.252 e. The van der Waals surface area contributed by atoms with Gasteiger partial charge in [-0.05, 0) is 29.3 Å². The van der Waals surface area contributed by atoms with Crippen LogP contribution in [0.5, 0.6) is 0 Å². The summed E-state index contributed by atoms with van der Waals surface area (Å²) < 4.78 is 0. The van der Waals surface area contributed by atoms with E-state index in [0.29, 0.717) is 18.7 Å². The molecule has 33 heavy (non-hydrogen) atoms. The zero-order chi connectivity index (χ0) is 22.6. The smallest absolute Gasteiger partial charge is 0.252 e. The molecule has 0 aromatic heterocycles. The number of benzodiazepines with no additional fused rings is 1. The van der Waals surface area contributed by atoms with Gasteiger partial charge in [0.15, 0.2) is 0 Å². The Morgan fingerprint density at radius 2 is 1.42 bits per heavy atom. The molecule has 4 aromatic rings. The number of nitrogens with zero attached hydrogens (tertiary/aromatic N) is 2. The molecule has 1 amide bonds. The van der Waals surface area contributed by atoms with Crippen LogP contribution in [0.3, 0.4) is 0 Å². The second kappa shape index (κ2) is 9.13. The number of anilines is 2. The van der Waals surface area contributed by atoms with Crippen LogP contribution in [0, 0.1) is 0 Å². The van der Waals surface area contributed by atoms with E-state index >= 15 is 0 Å². The predicted octanol–water partition coefficient (Wildman–Crippen LogP) is 5.26. The van der Waals surface area contributed by atoms with E-state index in [-0.39, 0.29) is 5.91 Å². The molecule has 0 aliphatic carbocycles. The number of nitrogen functional groups attached to an aromatic ring is 1. The Hall–Kier alpha value is -4.18. The van der Waals surface area contributed by atoms with Gasteiger partial charge in [0.25, 0.3) is 5.91 Å². The molecule has 0 bridgehead atoms. The molecule has 5 rings (SSSR count). The van der Waals surface area contributed by atoms with E-state index in [1.54, 1.807) is 0 Å². The Labute approximate surface area is 194 Å². The van der Waals surface area contributed by atoms with Crippen LogP contribution in [0.15, 0.2) is 114 Å². The summed E-state index contributed by atoms with van der Waals surface area (Å²) in [5.74, 6) is -0.0142. The molecule has 0 saturated heterocycles. The van der Waals surface area contributed by atoms with Crippen LogP contribution in [0.4, 0.5) is 11.4 Å². The van der Waals surface area contributed by atoms with Crippen LogP contribution in [-0.2, 0) is 17.8 Å². The van der Waals surface area contributed by atoms with Crippen molar-refractivity contribution in [3.8, 4) is 0 Å². The molecule has 0 fully saturated rings. The first kappa shape index (κ1) is 20.7. The number of benzene rings is 4. The van der Waals surface area contributed by atoms with Crippen LogP contribution in [0.25, 0.3) is 0 Å². The molecule has 2 N–H and O–H groups in total. The number of amides is 1. The van der Waals surface area contributed by atoms with Crippen LogP contribution in [0.2, 0.25) is 0 Å². The number of rotatable bonds is 5. The first-order valence-electron chi connectivity index (χ1n) is 11.1. The van der Waals surface area contributed by atoms with E-state index in [1.807, 2.05) is 114 Å². The van der Waals surface area contributed by atoms with E-state index in [1.165, 1.54) is 0 Å². The minimum atomic E-state index is -0.531. The Morgan fingerprint density at radius 1 is 0.758 bits per heavy atom. The monoisotopic (exact) mass is 431 g/mol. The fourth-order valence-electron chi connectivity index (χ4n) is 4.32. The standard InChI is InChI=1S/C29H25N3O/c30-24-15-9-12-22(18-24)20-32-27-17-8-7-16-25(27)28(23-13-5-2-6-14-23)31-26(29(32)33)19-21-10-3-1-4-11-21/h1-18,26H,19-20,30H2/t26-/m0/s1. The first-order chi connectivity index (χ1) is 16.2. The van der Waals surface area contributed by atoms with Gasteiger partial charge in [-0.25, -0.2) is 0 Å². The summed E-state index contributed by atoms with van der Waals surface area (Å²) in [6.45, 7) is 0.434. The summed E-state index contributed by atoms with van der Waals surface area (Å²) in [5, 5.41) is 0. The number of para-hydroxylation sites is 1. The molecule has 4 nitrogen and oxygen atoms in total. The molecule has 1 atom stereocenters. The van der Waals surface area contributed by atoms with E-state index < -0.39 is 6.04 Å². The van der Waals surface area contributed by atoms with E-state index in [4.69, 9.17) is 10.7 Å². The van der Waals surface area contributed by atoms with Crippen LogP contribution in [-0.4, -0.2) is 17.7 Å². The lowest BCUT2D eigenvalue weighted by molar-refractivity contribution is -0.119. The van der Waals surface area contributed by atoms with Gasteiger partial charge in [0.1, 0.15) is 6.04 Å². The average Bonchev–Trinajstić information content (AvgIpc) is 2.96. The molecule has 4 heteroatoms. The molecule has 4 aromatic carbocycles. The van der Waals surface area contributed by atoms with Crippen molar-refractivity contribution in [2.45, 2.75) is 19.0 Å². The van der Waals surface area contributed by atoms with Gasteiger partial charge in [-0.1, -0.05) is 91.0 Å². The Kier molecular flexibility index (Phi) is 5.73. The molecular formula is C29H25N3O. The fourth-order valence-corrected chi connectivity index (χ4v) is 4.32. The van der Waals surface area contributed by atoms with Gasteiger partial charge in [-0.3, -0.25) is 9.79 Å². The van der Waals surface area contributed by atoms with Crippen molar-refractivity contribution >= 4 is 23.0 Å². The molecule has 1 aliphatic rings. The van der Waals surface area contributed by atoms with E-state index in [0.717, 1.165) is 33.7 Å². The number of hydrogen-bond donors (Lipinski definition) is 1. The van der Waals surface area contributed by atoms with Crippen molar-refractivity contribution < 1.29 is 4.79 Å². The Bertz CT molecular complexity index is 1300. The first-order valence-corrected chi connectivity index (χ1v) is 11.1. The van der Waals surface area contributed by atoms with Crippen molar-refractivity contribution in [1.29, 1.82) is 0 Å². The molecule has 0 unspecified atom stereocenters. The Balaban J connectivity index is 1.64. The number of carbonyl (C=O) groups excluding carboxylic acids is 1. The summed E-state index contributed by atoms with van der Waals surface area (Å²) >= 11 is 0. The minimum Gasteiger partial charge on any atom is -0.399 e. The summed E-state index contributed by atoms with van der Waals surface area (Å²) in [4.78, 5) is 20.9. The second-order valence-corrected chi connectivity index (χ2v) is 8.24. The van der Waals surface area contributed by atoms with Crippen LogP contribution < -0.4 is 10.6 Å². The van der Waals surface area contributed by atoms with Crippen molar-refractivity contribution in [2.24, 2.45) is 4.99 Å². The third-order valence-corrected chi connectivity index (χ3v) is 5.90. The second-order valence-electron chi connectivity index (χ2n) is 8.24. The van der Waals surface area contributed by atoms with Crippen LogP contribution >= 0.6 is 0 Å². The largest absolute Gasteiger partial charge is 0.399 e. The van der Waals surface area contributed by atoms with Gasteiger partial charge in [0.05, 0.1) is 17.9 Å². The van der Waals surface area contributed by atoms with Crippen molar-refractivity contribution in [1.82, 2.24) is 0 Å². The maximum absolute atomic E-state index is 14.0. The van der Waals surface area contributed by atoms with Crippen molar-refractivity contribution in [3.05, 3.63) is 131 Å². The molecule has 0 radical (unpaired) electrons. The summed E-state index contributed by atoms with van der Waals surface area (Å²) in [6.07, 6.45) is 0.539. The zero-order valence-electron chi connectivity index (χ0n) is 18.3. The highest BCUT2D eigenvalue weighted by atomic mass is 16.2. The zero-order valence-corrected chi connectivity index (χ0v) is 18.3. The number of nitrogens with two attached hydrogens (primary N) is 1. The normalized spacial score (nSPS) is 15.5. The molecular weight excluding hydrogens is 406 g/mol. The fraction of sp³-hybridized carbons (Fsp3) is 0.103. The molecule has 1 aliphatic heterocycles. The lowest BCUT2D eigenvalue weighted by Gasteiger charge is -2.25. The summed E-state index contributed by atoms with van der Waals surface area (Å²) in [7, 11) is 0. The van der Waals surface area contributed by atoms with Gasteiger partial charge in [0.2, 0.25) is 0 Å². The summed E-state index contributed by atoms with van der Waals surface area (Å²) in [5.41, 5.74) is 12.4. The quantitative estimate of drug-likeness (QED) is 0.438. The number of aliphatic imine (C=N–C) groups is 1. The number of hydrogen-bond acceptors (Lipinski definition) is 3. The molecule has 162 valence electrons. The summed E-state index contributed by atoms with van der Waals surface area (Å²) in [6, 6.07) is 35.4. The highest BCUT2D eigenvalue weighted by Crippen LogP contribution is 2.31. The third-order valence-electron chi connectivity index (χ3n) is 5.90. The van der Waals surface area contributed by atoms with E-state index in [2.05, 4.69) is 0 Å². The molecule has 0 saturated carbocycles. The van der Waals surface area contributed by atoms with Crippen molar-refractivity contribution in [2.75, 3.05) is 10.6 Å². The van der Waals surface area contributed by atoms with Gasteiger partial charge in [-0.15, -0.1) is 0 Å². The van der Waals surface area contributed by atoms with Crippen molar-refractivity contribution in [3.63, 3.8) is 0 Å². The highest BCUT2D eigenvalue weighted by Gasteiger charge is 2.32. The highest BCUT2D eigenvalue weighted by molar-refractivity contribution is 6.20. The third kappa shape index (κ3) is 4.41. The predicted molar refractivity (Wildman–Crippen MR) is 135 cm³/mol. The average molecular weight is 432 g/mol. The minimum absolute atomic E-state index is 0.0142. The maximum atomic E-state index is 14.0. The van der Waals surface area contributed by atoms with Gasteiger partial charge >= 0.3 is 0 Å². The number of carbonyl (C=O) groups is 1. The topological polar surface area (TPSA) is 58.7 Å². The lowest BCUT2D eigenvalue weighted by Crippen LogP contribution is -2.38. The molecule has 0 spiro atoms. The Morgan fingerprint density at radius 3 is 2.18 bits per heavy atom. The van der Waals surface area contributed by atoms with Gasteiger partial charge in [0, 0.05) is 23.2 Å². The van der Waals surface area contributed by atoms with Gasteiger partial charge < -0.3 is 10.6 Å². The SMILES string of the molecule is Nc1cccc(CN2C(=O)[C@H](Cc3ccccc3)N=C(c3ccccc3)c3ccccc32)c1.